The number of benzene rings is 2. The zero-order valence-electron chi connectivity index (χ0n) is 11.5. The molecule has 0 saturated heterocycles. The molecule has 2 aromatic rings. The Morgan fingerprint density at radius 3 is 2.68 bits per heavy atom. The topological polar surface area (TPSA) is 44.8 Å². The van der Waals surface area contributed by atoms with Gasteiger partial charge in [0.05, 0.1) is 10.6 Å². The number of carbonyl (C=O) groups excluding carboxylic acids is 1. The lowest BCUT2D eigenvalue weighted by molar-refractivity contribution is 0.0472. The van der Waals surface area contributed by atoms with Crippen LogP contribution in [0.15, 0.2) is 36.4 Å². The Morgan fingerprint density at radius 1 is 1.18 bits per heavy atom. The van der Waals surface area contributed by atoms with Crippen molar-refractivity contribution in [1.82, 2.24) is 0 Å². The van der Waals surface area contributed by atoms with Crippen LogP contribution in [0.2, 0.25) is 5.02 Å². The second-order valence-corrected chi connectivity index (χ2v) is 5.09. The summed E-state index contributed by atoms with van der Waals surface area (Å²) < 4.78 is 28.9. The summed E-state index contributed by atoms with van der Waals surface area (Å²) in [6.45, 7) is 0.931. The summed E-state index contributed by atoms with van der Waals surface area (Å²) in [6.07, 6.45) is 0. The normalized spacial score (nSPS) is 12.8. The monoisotopic (exact) mass is 322 g/mol. The lowest BCUT2D eigenvalue weighted by Crippen LogP contribution is -2.16. The Kier molecular flexibility index (Phi) is 4.15. The summed E-state index contributed by atoms with van der Waals surface area (Å²) >= 11 is 6.11. The van der Waals surface area contributed by atoms with E-state index < -0.39 is 11.8 Å². The third kappa shape index (κ3) is 3.14. The molecule has 0 amide bonds. The Balaban J connectivity index is 1.70. The van der Waals surface area contributed by atoms with Crippen molar-refractivity contribution in [2.24, 2.45) is 0 Å². The molecule has 1 aliphatic heterocycles. The molecule has 0 bridgehead atoms. The maximum atomic E-state index is 12.8. The Labute approximate surface area is 131 Å². The van der Waals surface area contributed by atoms with Gasteiger partial charge in [0, 0.05) is 0 Å². The highest BCUT2D eigenvalue weighted by Gasteiger charge is 2.17. The number of halogens is 2. The van der Waals surface area contributed by atoms with Crippen LogP contribution in [0.1, 0.15) is 15.9 Å². The van der Waals surface area contributed by atoms with Crippen LogP contribution in [0.25, 0.3) is 0 Å². The molecular weight excluding hydrogens is 311 g/mol. The van der Waals surface area contributed by atoms with Gasteiger partial charge in [-0.15, -0.1) is 0 Å². The predicted molar refractivity (Wildman–Crippen MR) is 78.0 cm³/mol. The first-order valence-electron chi connectivity index (χ1n) is 6.64. The Bertz CT molecular complexity index is 700. The van der Waals surface area contributed by atoms with Gasteiger partial charge in [-0.05, 0) is 42.0 Å². The van der Waals surface area contributed by atoms with Gasteiger partial charge in [-0.1, -0.05) is 11.6 Å². The van der Waals surface area contributed by atoms with Crippen molar-refractivity contribution in [2.75, 3.05) is 13.2 Å². The minimum atomic E-state index is -0.536. The molecule has 2 aromatic carbocycles. The van der Waals surface area contributed by atoms with E-state index >= 15 is 0 Å². The number of hydrogen-bond donors (Lipinski definition) is 0. The third-order valence-corrected chi connectivity index (χ3v) is 3.39. The molecule has 0 saturated carbocycles. The number of ether oxygens (including phenoxy) is 3. The van der Waals surface area contributed by atoms with Crippen molar-refractivity contribution in [3.63, 3.8) is 0 Å². The van der Waals surface area contributed by atoms with Crippen LogP contribution in [-0.4, -0.2) is 19.2 Å². The van der Waals surface area contributed by atoms with Crippen LogP contribution in [0.4, 0.5) is 4.39 Å². The maximum absolute atomic E-state index is 12.8. The summed E-state index contributed by atoms with van der Waals surface area (Å²) in [5.74, 6) is 0.0919. The first-order chi connectivity index (χ1) is 10.6. The molecule has 3 rings (SSSR count). The van der Waals surface area contributed by atoms with Crippen LogP contribution in [0.3, 0.4) is 0 Å². The van der Waals surface area contributed by atoms with Crippen molar-refractivity contribution in [3.05, 3.63) is 58.4 Å². The lowest BCUT2D eigenvalue weighted by atomic mass is 10.2. The van der Waals surface area contributed by atoms with Crippen LogP contribution >= 0.6 is 11.6 Å². The van der Waals surface area contributed by atoms with E-state index in [2.05, 4.69) is 0 Å². The molecule has 22 heavy (non-hydrogen) atoms. The molecule has 0 radical (unpaired) electrons. The fraction of sp³-hybridized carbons (Fsp3) is 0.188. The summed E-state index contributed by atoms with van der Waals surface area (Å²) in [7, 11) is 0. The summed E-state index contributed by atoms with van der Waals surface area (Å²) in [4.78, 5) is 11.9. The first-order valence-corrected chi connectivity index (χ1v) is 7.02. The van der Waals surface area contributed by atoms with Crippen LogP contribution in [-0.2, 0) is 11.3 Å². The summed E-state index contributed by atoms with van der Waals surface area (Å²) in [6, 6.07) is 8.53. The second-order valence-electron chi connectivity index (χ2n) is 4.68. The average molecular weight is 323 g/mol. The van der Waals surface area contributed by atoms with Crippen molar-refractivity contribution < 1.29 is 23.4 Å². The molecule has 4 nitrogen and oxygen atoms in total. The molecule has 0 N–H and O–H groups in total. The SMILES string of the molecule is O=C(OCc1cc(Cl)c2c(c1)OCCO2)c1ccc(F)cc1. The standard InChI is InChI=1S/C16H12ClFO4/c17-13-7-10(8-14-15(13)21-6-5-20-14)9-22-16(19)11-1-3-12(18)4-2-11/h1-4,7-8H,5-6,9H2. The minimum absolute atomic E-state index is 0.0343. The third-order valence-electron chi connectivity index (χ3n) is 3.11. The Hall–Kier alpha value is -2.27. The first kappa shape index (κ1) is 14.7. The van der Waals surface area contributed by atoms with Gasteiger partial charge in [0.15, 0.2) is 11.5 Å². The number of carbonyl (C=O) groups is 1. The van der Waals surface area contributed by atoms with Crippen molar-refractivity contribution in [2.45, 2.75) is 6.61 Å². The van der Waals surface area contributed by atoms with Crippen molar-refractivity contribution >= 4 is 17.6 Å². The number of rotatable bonds is 3. The fourth-order valence-corrected chi connectivity index (χ4v) is 2.35. The molecule has 6 heteroatoms. The van der Waals surface area contributed by atoms with Gasteiger partial charge in [-0.25, -0.2) is 9.18 Å². The second kappa shape index (κ2) is 6.23. The van der Waals surface area contributed by atoms with Gasteiger partial charge in [-0.3, -0.25) is 0 Å². The van der Waals surface area contributed by atoms with E-state index in [1.807, 2.05) is 0 Å². The van der Waals surface area contributed by atoms with Gasteiger partial charge < -0.3 is 14.2 Å². The lowest BCUT2D eigenvalue weighted by Gasteiger charge is -2.20. The van der Waals surface area contributed by atoms with Crippen molar-refractivity contribution in [3.8, 4) is 11.5 Å². The van der Waals surface area contributed by atoms with Crippen molar-refractivity contribution in [1.29, 1.82) is 0 Å². The molecule has 0 aromatic heterocycles. The molecule has 0 fully saturated rings. The highest BCUT2D eigenvalue weighted by atomic mass is 35.5. The number of fused-ring (bicyclic) bond motifs is 1. The van der Waals surface area contributed by atoms with E-state index in [1.165, 1.54) is 24.3 Å². The fourth-order valence-electron chi connectivity index (χ4n) is 2.07. The van der Waals surface area contributed by atoms with Gasteiger partial charge in [-0.2, -0.15) is 0 Å². The van der Waals surface area contributed by atoms with E-state index in [-0.39, 0.29) is 12.2 Å². The van der Waals surface area contributed by atoms with E-state index in [9.17, 15) is 9.18 Å². The molecule has 0 aliphatic carbocycles. The number of hydrogen-bond acceptors (Lipinski definition) is 4. The van der Waals surface area contributed by atoms with Crippen LogP contribution in [0.5, 0.6) is 11.5 Å². The molecule has 114 valence electrons. The zero-order chi connectivity index (χ0) is 15.5. The zero-order valence-corrected chi connectivity index (χ0v) is 12.2. The van der Waals surface area contributed by atoms with Crippen LogP contribution in [0, 0.1) is 5.82 Å². The van der Waals surface area contributed by atoms with Gasteiger partial charge in [0.25, 0.3) is 0 Å². The predicted octanol–water partition coefficient (Wildman–Crippen LogP) is 3.61. The summed E-state index contributed by atoms with van der Waals surface area (Å²) in [5.41, 5.74) is 0.967. The molecule has 1 aliphatic rings. The highest BCUT2D eigenvalue weighted by Crippen LogP contribution is 2.38. The van der Waals surface area contributed by atoms with E-state index in [0.717, 1.165) is 0 Å². The van der Waals surface area contributed by atoms with E-state index in [1.54, 1.807) is 12.1 Å². The van der Waals surface area contributed by atoms with Gasteiger partial charge in [0.2, 0.25) is 0 Å². The number of esters is 1. The van der Waals surface area contributed by atoms with Crippen LogP contribution < -0.4 is 9.47 Å². The van der Waals surface area contributed by atoms with Gasteiger partial charge >= 0.3 is 5.97 Å². The highest BCUT2D eigenvalue weighted by molar-refractivity contribution is 6.32. The minimum Gasteiger partial charge on any atom is -0.486 e. The molecule has 0 unspecified atom stereocenters. The van der Waals surface area contributed by atoms with E-state index in [4.69, 9.17) is 25.8 Å². The Morgan fingerprint density at radius 2 is 1.91 bits per heavy atom. The molecule has 0 spiro atoms. The smallest absolute Gasteiger partial charge is 0.338 e. The molecule has 0 atom stereocenters. The van der Waals surface area contributed by atoms with Gasteiger partial charge in [0.1, 0.15) is 25.6 Å². The largest absolute Gasteiger partial charge is 0.486 e. The molecule has 1 heterocycles. The van der Waals surface area contributed by atoms with E-state index in [0.29, 0.717) is 35.3 Å². The maximum Gasteiger partial charge on any atom is 0.338 e. The quantitative estimate of drug-likeness (QED) is 0.810. The average Bonchev–Trinajstić information content (AvgIpc) is 2.53. The summed E-state index contributed by atoms with van der Waals surface area (Å²) in [5, 5.41) is 0.407. The molecular formula is C16H12ClFO4.